The molecule has 1 N–H and O–H groups in total. The van der Waals surface area contributed by atoms with Crippen LogP contribution in [0.15, 0.2) is 18.2 Å². The van der Waals surface area contributed by atoms with Gasteiger partial charge in [-0.25, -0.2) is 9.18 Å². The van der Waals surface area contributed by atoms with Gasteiger partial charge in [-0.15, -0.1) is 0 Å². The van der Waals surface area contributed by atoms with E-state index in [0.717, 1.165) is 18.9 Å². The van der Waals surface area contributed by atoms with Crippen molar-refractivity contribution in [3.63, 3.8) is 0 Å². The number of halogens is 1. The molecule has 0 amide bonds. The van der Waals surface area contributed by atoms with Crippen molar-refractivity contribution in [1.82, 2.24) is 0 Å². The van der Waals surface area contributed by atoms with E-state index >= 15 is 0 Å². The van der Waals surface area contributed by atoms with Crippen molar-refractivity contribution in [3.05, 3.63) is 29.6 Å². The first-order valence-corrected chi connectivity index (χ1v) is 5.43. The number of benzene rings is 1. The van der Waals surface area contributed by atoms with Gasteiger partial charge in [0.1, 0.15) is 17.7 Å². The van der Waals surface area contributed by atoms with Crippen LogP contribution in [0.3, 0.4) is 0 Å². The number of aromatic carboxylic acids is 1. The molecule has 17 heavy (non-hydrogen) atoms. The molecule has 1 fully saturated rings. The third-order valence-corrected chi connectivity index (χ3v) is 2.59. The average molecular weight is 240 g/mol. The lowest BCUT2D eigenvalue weighted by molar-refractivity contribution is 0.0253. The predicted molar refractivity (Wildman–Crippen MR) is 57.8 cm³/mol. The summed E-state index contributed by atoms with van der Waals surface area (Å²) in [7, 11) is 0. The van der Waals surface area contributed by atoms with Gasteiger partial charge in [0.25, 0.3) is 0 Å². The Morgan fingerprint density at radius 1 is 1.35 bits per heavy atom. The number of hydrogen-bond acceptors (Lipinski definition) is 3. The summed E-state index contributed by atoms with van der Waals surface area (Å²) in [6.45, 7) is 1.23. The second-order valence-electron chi connectivity index (χ2n) is 3.91. The largest absolute Gasteiger partial charge is 0.490 e. The number of rotatable bonds is 3. The average Bonchev–Trinajstić information content (AvgIpc) is 2.29. The van der Waals surface area contributed by atoms with Crippen LogP contribution in [0, 0.1) is 5.82 Å². The molecule has 0 aliphatic carbocycles. The molecule has 0 atom stereocenters. The number of ether oxygens (including phenoxy) is 2. The third-order valence-electron chi connectivity index (χ3n) is 2.59. The van der Waals surface area contributed by atoms with E-state index in [-0.39, 0.29) is 17.4 Å². The normalized spacial score (nSPS) is 16.8. The Bertz CT molecular complexity index is 413. The van der Waals surface area contributed by atoms with Crippen molar-refractivity contribution in [2.24, 2.45) is 0 Å². The number of hydrogen-bond donors (Lipinski definition) is 1. The van der Waals surface area contributed by atoms with Crippen LogP contribution in [-0.2, 0) is 4.74 Å². The zero-order chi connectivity index (χ0) is 12.3. The van der Waals surface area contributed by atoms with Crippen LogP contribution in [-0.4, -0.2) is 30.4 Å². The first-order valence-electron chi connectivity index (χ1n) is 5.43. The summed E-state index contributed by atoms with van der Waals surface area (Å²) in [6, 6.07) is 3.50. The Kier molecular flexibility index (Phi) is 3.58. The van der Waals surface area contributed by atoms with E-state index in [2.05, 4.69) is 0 Å². The summed E-state index contributed by atoms with van der Waals surface area (Å²) in [6.07, 6.45) is 1.44. The standard InChI is InChI=1S/C12H13FO4/c13-9-5-8(12(14)15)6-11(7-9)17-10-1-3-16-4-2-10/h5-7,10H,1-4H2,(H,14,15). The van der Waals surface area contributed by atoms with Gasteiger partial charge >= 0.3 is 5.97 Å². The lowest BCUT2D eigenvalue weighted by Crippen LogP contribution is -2.26. The molecule has 1 aliphatic heterocycles. The van der Waals surface area contributed by atoms with Crippen LogP contribution in [0.1, 0.15) is 23.2 Å². The maximum absolute atomic E-state index is 13.2. The quantitative estimate of drug-likeness (QED) is 0.878. The maximum Gasteiger partial charge on any atom is 0.335 e. The molecule has 1 aromatic carbocycles. The molecule has 0 aromatic heterocycles. The third kappa shape index (κ3) is 3.17. The predicted octanol–water partition coefficient (Wildman–Crippen LogP) is 2.08. The fraction of sp³-hybridized carbons (Fsp3) is 0.417. The topological polar surface area (TPSA) is 55.8 Å². The number of carboxylic acids is 1. The molecular formula is C12H13FO4. The highest BCUT2D eigenvalue weighted by molar-refractivity contribution is 5.88. The molecule has 4 nitrogen and oxygen atoms in total. The van der Waals surface area contributed by atoms with Gasteiger partial charge in [0, 0.05) is 18.9 Å². The molecule has 0 radical (unpaired) electrons. The summed E-state index contributed by atoms with van der Waals surface area (Å²) < 4.78 is 23.9. The van der Waals surface area contributed by atoms with E-state index in [0.29, 0.717) is 13.2 Å². The molecule has 5 heteroatoms. The molecule has 2 rings (SSSR count). The van der Waals surface area contributed by atoms with Gasteiger partial charge in [-0.3, -0.25) is 0 Å². The van der Waals surface area contributed by atoms with Gasteiger partial charge in [0.05, 0.1) is 18.8 Å². The maximum atomic E-state index is 13.2. The van der Waals surface area contributed by atoms with Crippen molar-refractivity contribution in [1.29, 1.82) is 0 Å². The summed E-state index contributed by atoms with van der Waals surface area (Å²) in [5.41, 5.74) is -0.105. The summed E-state index contributed by atoms with van der Waals surface area (Å²) in [5, 5.41) is 8.80. The van der Waals surface area contributed by atoms with Gasteiger partial charge in [0.15, 0.2) is 0 Å². The summed E-state index contributed by atoms with van der Waals surface area (Å²) in [5.74, 6) is -1.51. The fourth-order valence-corrected chi connectivity index (χ4v) is 1.74. The van der Waals surface area contributed by atoms with Crippen LogP contribution in [0.4, 0.5) is 4.39 Å². The van der Waals surface area contributed by atoms with Crippen LogP contribution >= 0.6 is 0 Å². The van der Waals surface area contributed by atoms with E-state index in [1.54, 1.807) is 0 Å². The van der Waals surface area contributed by atoms with Gasteiger partial charge in [-0.2, -0.15) is 0 Å². The van der Waals surface area contributed by atoms with Crippen LogP contribution in [0.5, 0.6) is 5.75 Å². The smallest absolute Gasteiger partial charge is 0.335 e. The SMILES string of the molecule is O=C(O)c1cc(F)cc(OC2CCOCC2)c1. The number of carbonyl (C=O) groups is 1. The zero-order valence-electron chi connectivity index (χ0n) is 9.19. The van der Waals surface area contributed by atoms with Crippen LogP contribution in [0.25, 0.3) is 0 Å². The Morgan fingerprint density at radius 3 is 2.71 bits per heavy atom. The minimum absolute atomic E-state index is 0.0350. The number of carboxylic acid groups (broad SMARTS) is 1. The van der Waals surface area contributed by atoms with E-state index < -0.39 is 11.8 Å². The summed E-state index contributed by atoms with van der Waals surface area (Å²) in [4.78, 5) is 10.8. The second-order valence-corrected chi connectivity index (χ2v) is 3.91. The van der Waals surface area contributed by atoms with Gasteiger partial charge in [0.2, 0.25) is 0 Å². The Hall–Kier alpha value is -1.62. The lowest BCUT2D eigenvalue weighted by Gasteiger charge is -2.23. The molecule has 0 unspecified atom stereocenters. The van der Waals surface area contributed by atoms with Gasteiger partial charge in [-0.1, -0.05) is 0 Å². The first kappa shape index (κ1) is 11.9. The zero-order valence-corrected chi connectivity index (χ0v) is 9.19. The van der Waals surface area contributed by atoms with Crippen molar-refractivity contribution >= 4 is 5.97 Å². The van der Waals surface area contributed by atoms with E-state index in [1.807, 2.05) is 0 Å². The Balaban J connectivity index is 2.11. The minimum atomic E-state index is -1.17. The van der Waals surface area contributed by atoms with Gasteiger partial charge in [-0.05, 0) is 12.1 Å². The van der Waals surface area contributed by atoms with E-state index in [1.165, 1.54) is 12.1 Å². The highest BCUT2D eigenvalue weighted by atomic mass is 19.1. The highest BCUT2D eigenvalue weighted by Gasteiger charge is 2.16. The van der Waals surface area contributed by atoms with Crippen molar-refractivity contribution in [3.8, 4) is 5.75 Å². The molecule has 1 saturated heterocycles. The molecule has 92 valence electrons. The van der Waals surface area contributed by atoms with Crippen molar-refractivity contribution < 1.29 is 23.8 Å². The van der Waals surface area contributed by atoms with E-state index in [4.69, 9.17) is 14.6 Å². The fourth-order valence-electron chi connectivity index (χ4n) is 1.74. The van der Waals surface area contributed by atoms with Crippen LogP contribution < -0.4 is 4.74 Å². The Labute approximate surface area is 98.0 Å². The van der Waals surface area contributed by atoms with Crippen molar-refractivity contribution in [2.75, 3.05) is 13.2 Å². The minimum Gasteiger partial charge on any atom is -0.490 e. The summed E-state index contributed by atoms with van der Waals surface area (Å²) >= 11 is 0. The van der Waals surface area contributed by atoms with Crippen LogP contribution in [0.2, 0.25) is 0 Å². The molecule has 1 aromatic rings. The first-order chi connectivity index (χ1) is 8.15. The molecule has 0 spiro atoms. The molecule has 1 aliphatic rings. The second kappa shape index (κ2) is 5.14. The molecule has 1 heterocycles. The highest BCUT2D eigenvalue weighted by Crippen LogP contribution is 2.21. The monoisotopic (exact) mass is 240 g/mol. The lowest BCUT2D eigenvalue weighted by atomic mass is 10.1. The molecule has 0 bridgehead atoms. The Morgan fingerprint density at radius 2 is 2.06 bits per heavy atom. The molecule has 0 saturated carbocycles. The van der Waals surface area contributed by atoms with E-state index in [9.17, 15) is 9.18 Å². The van der Waals surface area contributed by atoms with Gasteiger partial charge < -0.3 is 14.6 Å². The molecular weight excluding hydrogens is 227 g/mol. The van der Waals surface area contributed by atoms with Crippen molar-refractivity contribution in [2.45, 2.75) is 18.9 Å².